The Hall–Kier alpha value is -2.85. The van der Waals surface area contributed by atoms with E-state index in [1.165, 1.54) is 6.92 Å². The van der Waals surface area contributed by atoms with Gasteiger partial charge in [-0.05, 0) is 59.3 Å². The Morgan fingerprint density at radius 3 is 2.40 bits per heavy atom. The second-order valence-electron chi connectivity index (χ2n) is 10.4. The summed E-state index contributed by atoms with van der Waals surface area (Å²) in [5.41, 5.74) is -0.578. The van der Waals surface area contributed by atoms with Crippen LogP contribution >= 0.6 is 0 Å². The van der Waals surface area contributed by atoms with Crippen molar-refractivity contribution >= 4 is 29.8 Å². The lowest BCUT2D eigenvalue weighted by atomic mass is 9.95. The fourth-order valence-corrected chi connectivity index (χ4v) is 4.52. The average molecular weight is 497 g/mol. The molecule has 0 radical (unpaired) electrons. The van der Waals surface area contributed by atoms with E-state index in [1.54, 1.807) is 9.80 Å². The second kappa shape index (κ2) is 12.7. The molecule has 0 saturated carbocycles. The molecule has 0 aromatic heterocycles. The first kappa shape index (κ1) is 28.4. The molecule has 2 rings (SSSR count). The molecule has 0 bridgehead atoms. The number of carboxylic acids is 1. The minimum Gasteiger partial charge on any atom is -0.480 e. The lowest BCUT2D eigenvalue weighted by Crippen LogP contribution is -2.51. The summed E-state index contributed by atoms with van der Waals surface area (Å²) < 4.78 is 5.53. The fraction of sp³-hybridized carbons (Fsp3) is 0.792. The van der Waals surface area contributed by atoms with Crippen molar-refractivity contribution in [3.05, 3.63) is 0 Å². The molecule has 35 heavy (non-hydrogen) atoms. The summed E-state index contributed by atoms with van der Waals surface area (Å²) in [6.07, 6.45) is 4.50. The molecule has 3 N–H and O–H groups in total. The number of carbonyl (C=O) groups is 5. The van der Waals surface area contributed by atoms with Crippen molar-refractivity contribution in [3.63, 3.8) is 0 Å². The summed E-state index contributed by atoms with van der Waals surface area (Å²) in [5, 5.41) is 14.1. The highest BCUT2D eigenvalue weighted by Crippen LogP contribution is 2.25. The fourth-order valence-electron chi connectivity index (χ4n) is 4.52. The van der Waals surface area contributed by atoms with Gasteiger partial charge < -0.3 is 30.3 Å². The van der Waals surface area contributed by atoms with Crippen LogP contribution in [0.5, 0.6) is 0 Å². The number of amides is 4. The third-order valence-electron chi connectivity index (χ3n) is 6.25. The third kappa shape index (κ3) is 9.37. The van der Waals surface area contributed by atoms with Gasteiger partial charge >= 0.3 is 12.1 Å². The Balaban J connectivity index is 1.86. The van der Waals surface area contributed by atoms with Gasteiger partial charge in [-0.25, -0.2) is 9.59 Å². The van der Waals surface area contributed by atoms with Gasteiger partial charge in [-0.2, -0.15) is 0 Å². The zero-order chi connectivity index (χ0) is 26.2. The quantitative estimate of drug-likeness (QED) is 0.462. The van der Waals surface area contributed by atoms with Gasteiger partial charge in [-0.15, -0.1) is 0 Å². The maximum Gasteiger partial charge on any atom is 0.410 e. The van der Waals surface area contributed by atoms with Crippen LogP contribution in [0.2, 0.25) is 0 Å². The molecule has 3 atom stereocenters. The number of carboxylic acid groups (broad SMARTS) is 1. The van der Waals surface area contributed by atoms with Crippen LogP contribution in [0, 0.1) is 5.92 Å². The van der Waals surface area contributed by atoms with Crippen molar-refractivity contribution in [3.8, 4) is 0 Å². The maximum atomic E-state index is 12.9. The molecule has 11 heteroatoms. The SMILES string of the molecule is CC(=O)N[C@H](CNC(=O)[C@@H]1CCCN(C(=O)CCC2CCCCN2C(=O)OC(C)(C)C)C1)C(=O)O. The molecule has 198 valence electrons. The Labute approximate surface area is 206 Å². The molecule has 2 aliphatic heterocycles. The summed E-state index contributed by atoms with van der Waals surface area (Å²) in [4.78, 5) is 64.0. The predicted molar refractivity (Wildman–Crippen MR) is 127 cm³/mol. The van der Waals surface area contributed by atoms with Gasteiger partial charge in [0.25, 0.3) is 0 Å². The number of piperidine rings is 2. The third-order valence-corrected chi connectivity index (χ3v) is 6.25. The smallest absolute Gasteiger partial charge is 0.410 e. The topological polar surface area (TPSA) is 145 Å². The molecular weight excluding hydrogens is 456 g/mol. The Morgan fingerprint density at radius 2 is 1.77 bits per heavy atom. The van der Waals surface area contributed by atoms with E-state index in [0.717, 1.165) is 19.3 Å². The van der Waals surface area contributed by atoms with Crippen molar-refractivity contribution in [2.75, 3.05) is 26.2 Å². The Kier molecular flexibility index (Phi) is 10.3. The molecule has 11 nitrogen and oxygen atoms in total. The average Bonchev–Trinajstić information content (AvgIpc) is 2.78. The van der Waals surface area contributed by atoms with E-state index in [9.17, 15) is 29.1 Å². The van der Waals surface area contributed by atoms with Crippen LogP contribution in [0.25, 0.3) is 0 Å². The molecule has 2 aliphatic rings. The van der Waals surface area contributed by atoms with E-state index >= 15 is 0 Å². The van der Waals surface area contributed by atoms with E-state index < -0.39 is 29.4 Å². The van der Waals surface area contributed by atoms with Crippen LogP contribution in [-0.4, -0.2) is 88.6 Å². The van der Waals surface area contributed by atoms with E-state index in [0.29, 0.717) is 32.4 Å². The summed E-state index contributed by atoms with van der Waals surface area (Å²) in [6.45, 7) is 7.93. The summed E-state index contributed by atoms with van der Waals surface area (Å²) >= 11 is 0. The van der Waals surface area contributed by atoms with Crippen LogP contribution in [0.15, 0.2) is 0 Å². The van der Waals surface area contributed by atoms with Gasteiger partial charge in [0.1, 0.15) is 11.6 Å². The lowest BCUT2D eigenvalue weighted by molar-refractivity contribution is -0.141. The van der Waals surface area contributed by atoms with Gasteiger partial charge in [0.05, 0.1) is 5.92 Å². The number of rotatable bonds is 8. The van der Waals surface area contributed by atoms with Crippen LogP contribution in [0.1, 0.15) is 72.6 Å². The normalized spacial score (nSPS) is 21.6. The van der Waals surface area contributed by atoms with Crippen molar-refractivity contribution < 1.29 is 33.8 Å². The van der Waals surface area contributed by atoms with Gasteiger partial charge in [0.2, 0.25) is 17.7 Å². The standard InChI is InChI=1S/C24H40N4O7/c1-16(29)26-19(22(32)33)14-25-21(31)17-8-7-12-27(15-17)20(30)11-10-18-9-5-6-13-28(18)23(34)35-24(2,3)4/h17-19H,5-15H2,1-4H3,(H,25,31)(H,26,29)(H,32,33)/t17-,18?,19-/m1/s1. The summed E-state index contributed by atoms with van der Waals surface area (Å²) in [5.74, 6) is -2.55. The molecule has 1 unspecified atom stereocenters. The van der Waals surface area contributed by atoms with Crippen LogP contribution in [-0.2, 0) is 23.9 Å². The van der Waals surface area contributed by atoms with Crippen molar-refractivity contribution in [1.82, 2.24) is 20.4 Å². The van der Waals surface area contributed by atoms with Gasteiger partial charge in [0, 0.05) is 45.6 Å². The second-order valence-corrected chi connectivity index (χ2v) is 10.4. The first-order valence-corrected chi connectivity index (χ1v) is 12.4. The summed E-state index contributed by atoms with van der Waals surface area (Å²) in [6, 6.07) is -1.26. The van der Waals surface area contributed by atoms with Crippen molar-refractivity contribution in [2.24, 2.45) is 5.92 Å². The van der Waals surface area contributed by atoms with E-state index in [-0.39, 0.29) is 43.5 Å². The number of hydrogen-bond acceptors (Lipinski definition) is 6. The predicted octanol–water partition coefficient (Wildman–Crippen LogP) is 1.50. The summed E-state index contributed by atoms with van der Waals surface area (Å²) in [7, 11) is 0. The first-order chi connectivity index (χ1) is 16.4. The molecule has 4 amide bonds. The zero-order valence-corrected chi connectivity index (χ0v) is 21.3. The number of nitrogens with zero attached hydrogens (tertiary/aromatic N) is 2. The minimum absolute atomic E-state index is 0.0480. The van der Waals surface area contributed by atoms with E-state index in [1.807, 2.05) is 20.8 Å². The van der Waals surface area contributed by atoms with E-state index in [4.69, 9.17) is 4.74 Å². The molecule has 0 aromatic rings. The van der Waals surface area contributed by atoms with Crippen molar-refractivity contribution in [1.29, 1.82) is 0 Å². The van der Waals surface area contributed by atoms with Crippen molar-refractivity contribution in [2.45, 2.75) is 90.3 Å². The minimum atomic E-state index is -1.23. The molecule has 0 spiro atoms. The van der Waals surface area contributed by atoms with Crippen LogP contribution in [0.3, 0.4) is 0 Å². The number of nitrogens with one attached hydrogen (secondary N) is 2. The number of ether oxygens (including phenoxy) is 1. The number of hydrogen-bond donors (Lipinski definition) is 3. The number of aliphatic carboxylic acids is 1. The highest BCUT2D eigenvalue weighted by atomic mass is 16.6. The maximum absolute atomic E-state index is 12.9. The van der Waals surface area contributed by atoms with Crippen LogP contribution in [0.4, 0.5) is 4.79 Å². The first-order valence-electron chi connectivity index (χ1n) is 12.4. The molecule has 2 saturated heterocycles. The van der Waals surface area contributed by atoms with Crippen LogP contribution < -0.4 is 10.6 Å². The zero-order valence-electron chi connectivity index (χ0n) is 21.3. The molecule has 2 heterocycles. The molecule has 2 fully saturated rings. The Morgan fingerprint density at radius 1 is 1.06 bits per heavy atom. The molecular formula is C24H40N4O7. The lowest BCUT2D eigenvalue weighted by Gasteiger charge is -2.37. The number of carbonyl (C=O) groups excluding carboxylic acids is 4. The highest BCUT2D eigenvalue weighted by Gasteiger charge is 2.33. The van der Waals surface area contributed by atoms with E-state index in [2.05, 4.69) is 10.6 Å². The monoisotopic (exact) mass is 496 g/mol. The molecule has 0 aromatic carbocycles. The highest BCUT2D eigenvalue weighted by molar-refractivity contribution is 5.84. The van der Waals surface area contributed by atoms with Gasteiger partial charge in [-0.1, -0.05) is 0 Å². The number of likely N-dealkylation sites (tertiary alicyclic amines) is 2. The Bertz CT molecular complexity index is 795. The molecule has 0 aliphatic carbocycles. The van der Waals surface area contributed by atoms with Gasteiger partial charge in [-0.3, -0.25) is 14.4 Å². The van der Waals surface area contributed by atoms with Gasteiger partial charge in [0.15, 0.2) is 0 Å². The largest absolute Gasteiger partial charge is 0.480 e.